The number of aromatic nitrogens is 1. The smallest absolute Gasteiger partial charge is 0.268 e. The van der Waals surface area contributed by atoms with Crippen molar-refractivity contribution >= 4 is 11.8 Å². The molecule has 3 N–H and O–H groups in total. The molecule has 0 radical (unpaired) electrons. The van der Waals surface area contributed by atoms with Crippen LogP contribution in [0.2, 0.25) is 0 Å². The molecular weight excluding hydrogens is 306 g/mol. The summed E-state index contributed by atoms with van der Waals surface area (Å²) >= 11 is 0. The highest BCUT2D eigenvalue weighted by Crippen LogP contribution is 2.39. The van der Waals surface area contributed by atoms with Gasteiger partial charge in [0.2, 0.25) is 5.91 Å². The van der Waals surface area contributed by atoms with Gasteiger partial charge in [0.15, 0.2) is 0 Å². The van der Waals surface area contributed by atoms with Gasteiger partial charge in [-0.15, -0.1) is 0 Å². The van der Waals surface area contributed by atoms with Crippen LogP contribution in [0.1, 0.15) is 52.7 Å². The second-order valence-electron chi connectivity index (χ2n) is 6.72. The third kappa shape index (κ3) is 2.99. The Morgan fingerprint density at radius 2 is 2.04 bits per heavy atom. The molecule has 0 saturated heterocycles. The Morgan fingerprint density at radius 3 is 2.71 bits per heavy atom. The van der Waals surface area contributed by atoms with Gasteiger partial charge in [-0.05, 0) is 26.0 Å². The Hall–Kier alpha value is -2.76. The van der Waals surface area contributed by atoms with E-state index >= 15 is 0 Å². The molecule has 0 fully saturated rings. The Bertz CT molecular complexity index is 808. The van der Waals surface area contributed by atoms with Crippen molar-refractivity contribution in [1.29, 1.82) is 0 Å². The molecule has 1 aromatic heterocycles. The molecule has 6 heteroatoms. The number of para-hydroxylation sites is 1. The van der Waals surface area contributed by atoms with E-state index < -0.39 is 5.91 Å². The lowest BCUT2D eigenvalue weighted by atomic mass is 9.89. The molecule has 126 valence electrons. The van der Waals surface area contributed by atoms with E-state index in [0.717, 1.165) is 11.3 Å². The number of benzene rings is 1. The molecule has 3 rings (SSSR count). The van der Waals surface area contributed by atoms with E-state index in [2.05, 4.69) is 5.32 Å². The molecule has 1 aromatic carbocycles. The first-order valence-corrected chi connectivity index (χ1v) is 7.82. The van der Waals surface area contributed by atoms with Crippen LogP contribution in [-0.4, -0.2) is 22.0 Å². The lowest BCUT2D eigenvalue weighted by Crippen LogP contribution is -2.41. The molecule has 0 aliphatic carbocycles. The van der Waals surface area contributed by atoms with Crippen molar-refractivity contribution in [3.8, 4) is 5.75 Å². The van der Waals surface area contributed by atoms with Crippen molar-refractivity contribution in [2.45, 2.75) is 31.9 Å². The summed E-state index contributed by atoms with van der Waals surface area (Å²) in [6.45, 7) is 3.99. The Morgan fingerprint density at radius 1 is 1.33 bits per heavy atom. The molecule has 1 aliphatic rings. The van der Waals surface area contributed by atoms with Gasteiger partial charge in [-0.1, -0.05) is 18.2 Å². The van der Waals surface area contributed by atoms with E-state index in [-0.39, 0.29) is 17.6 Å². The summed E-state index contributed by atoms with van der Waals surface area (Å²) in [6.07, 6.45) is 2.21. The van der Waals surface area contributed by atoms with Crippen LogP contribution in [0.15, 0.2) is 36.5 Å². The molecule has 1 aliphatic heterocycles. The zero-order valence-corrected chi connectivity index (χ0v) is 14.0. The van der Waals surface area contributed by atoms with Crippen molar-refractivity contribution in [1.82, 2.24) is 9.88 Å². The van der Waals surface area contributed by atoms with Gasteiger partial charge in [-0.25, -0.2) is 0 Å². The monoisotopic (exact) mass is 327 g/mol. The maximum absolute atomic E-state index is 12.7. The number of rotatable bonds is 3. The zero-order valence-electron chi connectivity index (χ0n) is 14.0. The predicted octanol–water partition coefficient (Wildman–Crippen LogP) is 2.16. The molecule has 1 atom stereocenters. The number of nitrogens with one attached hydrogen (secondary N) is 1. The number of nitrogens with two attached hydrogens (primary N) is 1. The van der Waals surface area contributed by atoms with E-state index in [0.29, 0.717) is 17.7 Å². The lowest BCUT2D eigenvalue weighted by molar-refractivity contribution is 0.0617. The van der Waals surface area contributed by atoms with Crippen LogP contribution >= 0.6 is 0 Å². The molecule has 2 amide bonds. The zero-order chi connectivity index (χ0) is 17.5. The number of nitrogens with zero attached hydrogens (tertiary/aromatic N) is 1. The third-order valence-corrected chi connectivity index (χ3v) is 4.20. The first-order chi connectivity index (χ1) is 11.3. The summed E-state index contributed by atoms with van der Waals surface area (Å²) in [5.74, 6) is -0.0199. The molecule has 0 spiro atoms. The van der Waals surface area contributed by atoms with Crippen LogP contribution in [0.25, 0.3) is 0 Å². The number of carbonyl (C=O) groups excluding carboxylic acids is 2. The fraction of sp³-hybridized carbons (Fsp3) is 0.333. The van der Waals surface area contributed by atoms with Crippen LogP contribution in [-0.2, 0) is 7.05 Å². The summed E-state index contributed by atoms with van der Waals surface area (Å²) in [6, 6.07) is 9.04. The van der Waals surface area contributed by atoms with Crippen LogP contribution < -0.4 is 15.8 Å². The standard InChI is InChI=1S/C18H21N3O3/c1-18(2)9-13(12-6-4-5-7-15(12)24-18)20-17(23)14-8-11(16(19)22)10-21(14)3/h4-8,10,13H,9H2,1-3H3,(H2,19,22)(H,20,23). The van der Waals surface area contributed by atoms with Gasteiger partial charge < -0.3 is 20.4 Å². The minimum Gasteiger partial charge on any atom is -0.487 e. The maximum Gasteiger partial charge on any atom is 0.268 e. The molecular formula is C18H21N3O3. The van der Waals surface area contributed by atoms with Gasteiger partial charge in [0.05, 0.1) is 11.6 Å². The number of ether oxygens (including phenoxy) is 1. The van der Waals surface area contributed by atoms with Crippen LogP contribution in [0.4, 0.5) is 0 Å². The summed E-state index contributed by atoms with van der Waals surface area (Å²) in [5, 5.41) is 3.05. The molecule has 2 heterocycles. The first kappa shape index (κ1) is 16.1. The van der Waals surface area contributed by atoms with Crippen molar-refractivity contribution in [2.24, 2.45) is 12.8 Å². The first-order valence-electron chi connectivity index (χ1n) is 7.82. The molecule has 2 aromatic rings. The fourth-order valence-electron chi connectivity index (χ4n) is 3.09. The minimum atomic E-state index is -0.554. The Labute approximate surface area is 140 Å². The fourth-order valence-corrected chi connectivity index (χ4v) is 3.09. The number of carbonyl (C=O) groups is 2. The van der Waals surface area contributed by atoms with Gasteiger partial charge in [0, 0.05) is 25.2 Å². The Balaban J connectivity index is 1.88. The number of fused-ring (bicyclic) bond motifs is 1. The van der Waals surface area contributed by atoms with E-state index in [9.17, 15) is 9.59 Å². The average molecular weight is 327 g/mol. The SMILES string of the molecule is Cn1cc(C(N)=O)cc1C(=O)NC1CC(C)(C)Oc2ccccc21. The highest BCUT2D eigenvalue weighted by Gasteiger charge is 2.34. The lowest BCUT2D eigenvalue weighted by Gasteiger charge is -2.37. The van der Waals surface area contributed by atoms with E-state index in [4.69, 9.17) is 10.5 Å². The second kappa shape index (κ2) is 5.70. The number of hydrogen-bond donors (Lipinski definition) is 2. The average Bonchev–Trinajstić information content (AvgIpc) is 2.88. The summed E-state index contributed by atoms with van der Waals surface area (Å²) in [5.41, 5.74) is 6.57. The summed E-state index contributed by atoms with van der Waals surface area (Å²) < 4.78 is 7.58. The highest BCUT2D eigenvalue weighted by molar-refractivity contribution is 5.98. The minimum absolute atomic E-state index is 0.163. The van der Waals surface area contributed by atoms with Crippen molar-refractivity contribution in [2.75, 3.05) is 0 Å². The summed E-state index contributed by atoms with van der Waals surface area (Å²) in [7, 11) is 1.71. The van der Waals surface area contributed by atoms with E-state index in [1.165, 1.54) is 6.07 Å². The normalized spacial score (nSPS) is 18.4. The van der Waals surface area contributed by atoms with E-state index in [1.807, 2.05) is 38.1 Å². The molecule has 0 bridgehead atoms. The van der Waals surface area contributed by atoms with E-state index in [1.54, 1.807) is 17.8 Å². The van der Waals surface area contributed by atoms with Crippen molar-refractivity contribution < 1.29 is 14.3 Å². The topological polar surface area (TPSA) is 86.4 Å². The third-order valence-electron chi connectivity index (χ3n) is 4.20. The Kier molecular flexibility index (Phi) is 3.83. The number of primary amides is 1. The number of aryl methyl sites for hydroxylation is 1. The van der Waals surface area contributed by atoms with Gasteiger partial charge in [0.25, 0.3) is 5.91 Å². The summed E-state index contributed by atoms with van der Waals surface area (Å²) in [4.78, 5) is 24.0. The highest BCUT2D eigenvalue weighted by atomic mass is 16.5. The quantitative estimate of drug-likeness (QED) is 0.905. The van der Waals surface area contributed by atoms with Crippen molar-refractivity contribution in [3.63, 3.8) is 0 Å². The van der Waals surface area contributed by atoms with Gasteiger partial charge in [-0.2, -0.15) is 0 Å². The molecule has 1 unspecified atom stereocenters. The van der Waals surface area contributed by atoms with Gasteiger partial charge in [0.1, 0.15) is 17.0 Å². The second-order valence-corrected chi connectivity index (χ2v) is 6.72. The molecule has 0 saturated carbocycles. The van der Waals surface area contributed by atoms with Crippen LogP contribution in [0, 0.1) is 0 Å². The largest absolute Gasteiger partial charge is 0.487 e. The van der Waals surface area contributed by atoms with Crippen LogP contribution in [0.3, 0.4) is 0 Å². The molecule has 6 nitrogen and oxygen atoms in total. The number of hydrogen-bond acceptors (Lipinski definition) is 3. The van der Waals surface area contributed by atoms with Crippen molar-refractivity contribution in [3.05, 3.63) is 53.3 Å². The van der Waals surface area contributed by atoms with Gasteiger partial charge in [-0.3, -0.25) is 9.59 Å². The number of amides is 2. The maximum atomic E-state index is 12.7. The van der Waals surface area contributed by atoms with Gasteiger partial charge >= 0.3 is 0 Å². The molecule has 24 heavy (non-hydrogen) atoms. The van der Waals surface area contributed by atoms with Crippen LogP contribution in [0.5, 0.6) is 5.75 Å². The predicted molar refractivity (Wildman–Crippen MR) is 89.9 cm³/mol.